The SMILES string of the molecule is Cn1c(CC(=O)c2ccc(Br)cc2)nc2ccccc21. The number of benzene rings is 2. The van der Waals surface area contributed by atoms with E-state index in [-0.39, 0.29) is 5.78 Å². The first kappa shape index (κ1) is 13.1. The van der Waals surface area contributed by atoms with E-state index < -0.39 is 0 Å². The lowest BCUT2D eigenvalue weighted by molar-refractivity contribution is 0.0990. The molecule has 0 N–H and O–H groups in total. The van der Waals surface area contributed by atoms with Gasteiger partial charge < -0.3 is 4.57 Å². The monoisotopic (exact) mass is 328 g/mol. The van der Waals surface area contributed by atoms with Gasteiger partial charge in [-0.05, 0) is 24.3 Å². The molecule has 1 heterocycles. The van der Waals surface area contributed by atoms with Gasteiger partial charge in [-0.1, -0.05) is 40.2 Å². The van der Waals surface area contributed by atoms with Crippen LogP contribution in [0.3, 0.4) is 0 Å². The Balaban J connectivity index is 1.91. The summed E-state index contributed by atoms with van der Waals surface area (Å²) in [7, 11) is 1.94. The highest BCUT2D eigenvalue weighted by Gasteiger charge is 2.13. The lowest BCUT2D eigenvalue weighted by atomic mass is 10.1. The van der Waals surface area contributed by atoms with Gasteiger partial charge in [-0.15, -0.1) is 0 Å². The van der Waals surface area contributed by atoms with Crippen molar-refractivity contribution in [2.45, 2.75) is 6.42 Å². The molecule has 0 spiro atoms. The van der Waals surface area contributed by atoms with E-state index in [2.05, 4.69) is 20.9 Å². The minimum Gasteiger partial charge on any atom is -0.331 e. The topological polar surface area (TPSA) is 34.9 Å². The molecule has 3 nitrogen and oxygen atoms in total. The number of para-hydroxylation sites is 2. The molecule has 0 radical (unpaired) electrons. The number of halogens is 1. The van der Waals surface area contributed by atoms with Crippen LogP contribution >= 0.6 is 15.9 Å². The fourth-order valence-electron chi connectivity index (χ4n) is 2.23. The Kier molecular flexibility index (Phi) is 3.40. The summed E-state index contributed by atoms with van der Waals surface area (Å²) in [5.74, 6) is 0.870. The van der Waals surface area contributed by atoms with Crippen molar-refractivity contribution < 1.29 is 4.79 Å². The van der Waals surface area contributed by atoms with Crippen molar-refractivity contribution in [1.29, 1.82) is 0 Å². The number of carbonyl (C=O) groups is 1. The largest absolute Gasteiger partial charge is 0.331 e. The van der Waals surface area contributed by atoms with Crippen LogP contribution in [0, 0.1) is 0 Å². The van der Waals surface area contributed by atoms with E-state index in [1.165, 1.54) is 0 Å². The van der Waals surface area contributed by atoms with Gasteiger partial charge in [-0.2, -0.15) is 0 Å². The molecule has 3 rings (SSSR count). The number of imidazole rings is 1. The predicted octanol–water partition coefficient (Wildman–Crippen LogP) is 3.76. The first-order valence-electron chi connectivity index (χ1n) is 6.34. The summed E-state index contributed by atoms with van der Waals surface area (Å²) in [6, 6.07) is 15.3. The number of Topliss-reactive ketones (excluding diaryl/α,β-unsaturated/α-hetero) is 1. The highest BCUT2D eigenvalue weighted by Crippen LogP contribution is 2.17. The Hall–Kier alpha value is -1.94. The molecule has 0 amide bonds. The summed E-state index contributed by atoms with van der Waals surface area (Å²) >= 11 is 3.37. The standard InChI is InChI=1S/C16H13BrN2O/c1-19-14-5-3-2-4-13(14)18-16(19)10-15(20)11-6-8-12(17)9-7-11/h2-9H,10H2,1H3. The van der Waals surface area contributed by atoms with Gasteiger partial charge in [0.15, 0.2) is 5.78 Å². The molecule has 0 aliphatic heterocycles. The van der Waals surface area contributed by atoms with Gasteiger partial charge in [-0.3, -0.25) is 4.79 Å². The smallest absolute Gasteiger partial charge is 0.170 e. The second-order valence-electron chi connectivity index (χ2n) is 4.68. The molecule has 4 heteroatoms. The number of fused-ring (bicyclic) bond motifs is 1. The Labute approximate surface area is 125 Å². The molecule has 0 aliphatic carbocycles. The fraction of sp³-hybridized carbons (Fsp3) is 0.125. The highest BCUT2D eigenvalue weighted by molar-refractivity contribution is 9.10. The molecular formula is C16H13BrN2O. The number of rotatable bonds is 3. The van der Waals surface area contributed by atoms with Gasteiger partial charge in [-0.25, -0.2) is 4.98 Å². The Morgan fingerprint density at radius 3 is 2.55 bits per heavy atom. The summed E-state index contributed by atoms with van der Waals surface area (Å²) in [5, 5.41) is 0. The average Bonchev–Trinajstić information content (AvgIpc) is 2.77. The van der Waals surface area contributed by atoms with Gasteiger partial charge in [0.05, 0.1) is 17.5 Å². The summed E-state index contributed by atoms with van der Waals surface area (Å²) in [6.45, 7) is 0. The van der Waals surface area contributed by atoms with Crippen molar-refractivity contribution in [2.24, 2.45) is 7.05 Å². The molecule has 0 fully saturated rings. The molecule has 0 bridgehead atoms. The van der Waals surface area contributed by atoms with Crippen LogP contribution in [0.25, 0.3) is 11.0 Å². The summed E-state index contributed by atoms with van der Waals surface area (Å²) in [4.78, 5) is 16.8. The van der Waals surface area contributed by atoms with E-state index in [1.54, 1.807) is 0 Å². The van der Waals surface area contributed by atoms with Crippen LogP contribution < -0.4 is 0 Å². The lowest BCUT2D eigenvalue weighted by Gasteiger charge is -2.02. The van der Waals surface area contributed by atoms with Crippen LogP contribution in [0.4, 0.5) is 0 Å². The molecule has 0 saturated carbocycles. The minimum atomic E-state index is 0.0795. The van der Waals surface area contributed by atoms with E-state index in [0.717, 1.165) is 21.3 Å². The third-order valence-electron chi connectivity index (χ3n) is 3.36. The lowest BCUT2D eigenvalue weighted by Crippen LogP contribution is -2.08. The van der Waals surface area contributed by atoms with Crippen LogP contribution in [0.1, 0.15) is 16.2 Å². The number of aryl methyl sites for hydroxylation is 1. The van der Waals surface area contributed by atoms with E-state index in [4.69, 9.17) is 0 Å². The Bertz CT molecular complexity index is 775. The first-order chi connectivity index (χ1) is 9.65. The van der Waals surface area contributed by atoms with Crippen molar-refractivity contribution >= 4 is 32.7 Å². The van der Waals surface area contributed by atoms with Crippen molar-refractivity contribution in [3.05, 3.63) is 64.4 Å². The fourth-order valence-corrected chi connectivity index (χ4v) is 2.50. The Morgan fingerprint density at radius 2 is 1.85 bits per heavy atom. The third kappa shape index (κ3) is 2.39. The molecule has 100 valence electrons. The number of carbonyl (C=O) groups excluding carboxylic acids is 1. The third-order valence-corrected chi connectivity index (χ3v) is 3.89. The minimum absolute atomic E-state index is 0.0795. The first-order valence-corrected chi connectivity index (χ1v) is 7.13. The molecule has 2 aromatic carbocycles. The highest BCUT2D eigenvalue weighted by atomic mass is 79.9. The molecule has 1 aromatic heterocycles. The van der Waals surface area contributed by atoms with Crippen LogP contribution in [-0.4, -0.2) is 15.3 Å². The summed E-state index contributed by atoms with van der Waals surface area (Å²) < 4.78 is 2.95. The zero-order valence-corrected chi connectivity index (χ0v) is 12.6. The molecule has 3 aromatic rings. The van der Waals surface area contributed by atoms with Crippen LogP contribution in [0.5, 0.6) is 0 Å². The maximum atomic E-state index is 12.3. The van der Waals surface area contributed by atoms with E-state index in [9.17, 15) is 4.79 Å². The number of hydrogen-bond donors (Lipinski definition) is 0. The van der Waals surface area contributed by atoms with Crippen molar-refractivity contribution in [3.8, 4) is 0 Å². The second-order valence-corrected chi connectivity index (χ2v) is 5.60. The van der Waals surface area contributed by atoms with E-state index >= 15 is 0 Å². The van der Waals surface area contributed by atoms with Gasteiger partial charge in [0, 0.05) is 17.1 Å². The zero-order valence-electron chi connectivity index (χ0n) is 11.0. The molecule has 0 unspecified atom stereocenters. The molecule has 20 heavy (non-hydrogen) atoms. The molecule has 0 aliphatic rings. The van der Waals surface area contributed by atoms with Crippen LogP contribution in [0.2, 0.25) is 0 Å². The number of aromatic nitrogens is 2. The van der Waals surface area contributed by atoms with Gasteiger partial charge in [0.1, 0.15) is 5.82 Å². The summed E-state index contributed by atoms with van der Waals surface area (Å²) in [6.07, 6.45) is 0.312. The van der Waals surface area contributed by atoms with Gasteiger partial charge in [0.25, 0.3) is 0 Å². The number of ketones is 1. The second kappa shape index (κ2) is 5.21. The van der Waals surface area contributed by atoms with Crippen LogP contribution in [-0.2, 0) is 13.5 Å². The number of hydrogen-bond acceptors (Lipinski definition) is 2. The zero-order chi connectivity index (χ0) is 14.1. The van der Waals surface area contributed by atoms with Crippen molar-refractivity contribution in [3.63, 3.8) is 0 Å². The van der Waals surface area contributed by atoms with Crippen molar-refractivity contribution in [1.82, 2.24) is 9.55 Å². The van der Waals surface area contributed by atoms with Crippen molar-refractivity contribution in [2.75, 3.05) is 0 Å². The van der Waals surface area contributed by atoms with E-state index in [1.807, 2.05) is 60.1 Å². The van der Waals surface area contributed by atoms with Gasteiger partial charge in [0.2, 0.25) is 0 Å². The average molecular weight is 329 g/mol. The van der Waals surface area contributed by atoms with Crippen LogP contribution in [0.15, 0.2) is 53.0 Å². The van der Waals surface area contributed by atoms with Gasteiger partial charge >= 0.3 is 0 Å². The quantitative estimate of drug-likeness (QED) is 0.686. The molecular weight excluding hydrogens is 316 g/mol. The van der Waals surface area contributed by atoms with E-state index in [0.29, 0.717) is 12.0 Å². The number of nitrogens with zero attached hydrogens (tertiary/aromatic N) is 2. The Morgan fingerprint density at radius 1 is 1.15 bits per heavy atom. The normalized spacial score (nSPS) is 10.9. The molecule has 0 atom stereocenters. The maximum absolute atomic E-state index is 12.3. The predicted molar refractivity (Wildman–Crippen MR) is 82.9 cm³/mol. The molecule has 0 saturated heterocycles. The maximum Gasteiger partial charge on any atom is 0.170 e. The summed E-state index contributed by atoms with van der Waals surface area (Å²) in [5.41, 5.74) is 2.68.